The van der Waals surface area contributed by atoms with Gasteiger partial charge in [0.25, 0.3) is 5.56 Å². The zero-order valence-corrected chi connectivity index (χ0v) is 11.0. The average Bonchev–Trinajstić information content (AvgIpc) is 2.73. The first kappa shape index (κ1) is 12.6. The third-order valence-electron chi connectivity index (χ3n) is 2.71. The minimum Gasteiger partial charge on any atom is -0.298 e. The van der Waals surface area contributed by atoms with Crippen molar-refractivity contribution >= 4 is 21.6 Å². The molecule has 6 heteroatoms. The van der Waals surface area contributed by atoms with Crippen molar-refractivity contribution in [2.45, 2.75) is 32.7 Å². The lowest BCUT2D eigenvalue weighted by Crippen LogP contribution is -2.34. The average molecular weight is 263 g/mol. The summed E-state index contributed by atoms with van der Waals surface area (Å²) in [5, 5.41) is 9.05. The second-order valence-corrected chi connectivity index (χ2v) is 5.43. The predicted octanol–water partition coefficient (Wildman–Crippen LogP) is 1.79. The Balaban J connectivity index is 2.66. The quantitative estimate of drug-likeness (QED) is 0.916. The van der Waals surface area contributed by atoms with Gasteiger partial charge in [-0.15, -0.1) is 11.3 Å². The van der Waals surface area contributed by atoms with Gasteiger partial charge in [-0.25, -0.2) is 4.79 Å². The lowest BCUT2D eigenvalue weighted by atomic mass is 10.2. The fourth-order valence-corrected chi connectivity index (χ4v) is 2.76. The van der Waals surface area contributed by atoms with Crippen LogP contribution in [0.2, 0.25) is 0 Å². The molecule has 0 aliphatic heterocycles. The summed E-state index contributed by atoms with van der Waals surface area (Å²) in [5.41, 5.74) is -0.757. The van der Waals surface area contributed by atoms with E-state index in [9.17, 15) is 9.59 Å². The summed E-state index contributed by atoms with van der Waals surface area (Å²) in [7, 11) is 0. The Morgan fingerprint density at radius 1 is 1.50 bits per heavy atom. The smallest absolute Gasteiger partial charge is 0.298 e. The van der Waals surface area contributed by atoms with E-state index in [0.29, 0.717) is 16.1 Å². The number of nitrogens with zero attached hydrogens (tertiary/aromatic N) is 2. The van der Waals surface area contributed by atoms with Crippen LogP contribution in [0.5, 0.6) is 0 Å². The molecule has 0 saturated heterocycles. The molecule has 0 aliphatic carbocycles. The third-order valence-corrected chi connectivity index (χ3v) is 4.06. The van der Waals surface area contributed by atoms with Crippen LogP contribution in [0.4, 0.5) is 0 Å². The van der Waals surface area contributed by atoms with E-state index in [1.54, 1.807) is 0 Å². The number of rotatable bonds is 3. The Hall–Kier alpha value is -1.87. The molecule has 0 spiro atoms. The number of fused-ring (bicyclic) bond motifs is 1. The molecule has 2 heterocycles. The predicted molar refractivity (Wildman–Crippen MR) is 71.0 cm³/mol. The van der Waals surface area contributed by atoms with Gasteiger partial charge in [0.15, 0.2) is 0 Å². The molecule has 0 saturated carbocycles. The maximum Gasteiger partial charge on any atom is 0.329 e. The molecule has 0 unspecified atom stereocenters. The number of nitriles is 1. The van der Waals surface area contributed by atoms with E-state index in [-0.39, 0.29) is 18.5 Å². The largest absolute Gasteiger partial charge is 0.329 e. The number of aromatic amines is 1. The minimum atomic E-state index is -0.445. The highest BCUT2D eigenvalue weighted by atomic mass is 32.1. The van der Waals surface area contributed by atoms with Gasteiger partial charge in [0.05, 0.1) is 17.9 Å². The fraction of sp³-hybridized carbons (Fsp3) is 0.417. The lowest BCUT2D eigenvalue weighted by molar-refractivity contribution is 0.651. The van der Waals surface area contributed by atoms with Crippen molar-refractivity contribution in [3.05, 3.63) is 31.8 Å². The summed E-state index contributed by atoms with van der Waals surface area (Å²) in [4.78, 5) is 28.3. The van der Waals surface area contributed by atoms with Crippen LogP contribution in [0.3, 0.4) is 0 Å². The summed E-state index contributed by atoms with van der Waals surface area (Å²) in [6.45, 7) is 4.21. The van der Waals surface area contributed by atoms with Crippen LogP contribution in [-0.2, 0) is 6.54 Å². The lowest BCUT2D eigenvalue weighted by Gasteiger charge is -2.00. The zero-order chi connectivity index (χ0) is 13.3. The molecule has 0 aromatic carbocycles. The normalized spacial score (nSPS) is 11.0. The van der Waals surface area contributed by atoms with Crippen molar-refractivity contribution in [3.63, 3.8) is 0 Å². The molecule has 2 rings (SSSR count). The number of nitrogens with one attached hydrogen (secondary N) is 1. The van der Waals surface area contributed by atoms with Gasteiger partial charge < -0.3 is 0 Å². The molecule has 0 bridgehead atoms. The van der Waals surface area contributed by atoms with Gasteiger partial charge in [0.2, 0.25) is 0 Å². The Morgan fingerprint density at radius 2 is 2.22 bits per heavy atom. The SMILES string of the molecule is CC(C)c1cc2c(=O)n(CCC#N)c(=O)[nH]c2s1. The summed E-state index contributed by atoms with van der Waals surface area (Å²) < 4.78 is 1.09. The van der Waals surface area contributed by atoms with Crippen LogP contribution in [0, 0.1) is 11.3 Å². The van der Waals surface area contributed by atoms with E-state index in [1.807, 2.05) is 26.0 Å². The van der Waals surface area contributed by atoms with Crippen LogP contribution in [0.25, 0.3) is 10.2 Å². The molecule has 1 N–H and O–H groups in total. The van der Waals surface area contributed by atoms with E-state index < -0.39 is 5.69 Å². The highest BCUT2D eigenvalue weighted by molar-refractivity contribution is 7.18. The number of hydrogen-bond acceptors (Lipinski definition) is 4. The topological polar surface area (TPSA) is 78.7 Å². The number of aromatic nitrogens is 2. The number of hydrogen-bond donors (Lipinski definition) is 1. The van der Waals surface area contributed by atoms with Crippen molar-refractivity contribution in [2.75, 3.05) is 0 Å². The molecule has 0 amide bonds. The maximum atomic E-state index is 12.1. The van der Waals surface area contributed by atoms with Gasteiger partial charge in [0, 0.05) is 11.4 Å². The highest BCUT2D eigenvalue weighted by Gasteiger charge is 2.12. The molecule has 0 fully saturated rings. The minimum absolute atomic E-state index is 0.132. The highest BCUT2D eigenvalue weighted by Crippen LogP contribution is 2.26. The van der Waals surface area contributed by atoms with Gasteiger partial charge in [-0.05, 0) is 12.0 Å². The van der Waals surface area contributed by atoms with Crippen LogP contribution in [0.1, 0.15) is 31.1 Å². The summed E-state index contributed by atoms with van der Waals surface area (Å²) >= 11 is 1.43. The Labute approximate surface area is 107 Å². The Bertz CT molecular complexity index is 730. The molecule has 0 atom stereocenters. The number of thiophene rings is 1. The summed E-state index contributed by atoms with van der Waals surface area (Å²) in [5.74, 6) is 0.317. The first-order valence-electron chi connectivity index (χ1n) is 5.68. The second-order valence-electron chi connectivity index (χ2n) is 4.34. The standard InChI is InChI=1S/C12H13N3O2S/c1-7(2)9-6-8-10(18-9)14-12(17)15(11(8)16)5-3-4-13/h6-7H,3,5H2,1-2H3,(H,14,17). The van der Waals surface area contributed by atoms with Gasteiger partial charge >= 0.3 is 5.69 Å². The molecule has 18 heavy (non-hydrogen) atoms. The van der Waals surface area contributed by atoms with E-state index in [2.05, 4.69) is 4.98 Å². The first-order chi connectivity index (χ1) is 8.54. The van der Waals surface area contributed by atoms with Crippen LogP contribution < -0.4 is 11.2 Å². The Morgan fingerprint density at radius 3 is 2.83 bits per heavy atom. The molecular weight excluding hydrogens is 250 g/mol. The second kappa shape index (κ2) is 4.78. The zero-order valence-electron chi connectivity index (χ0n) is 10.2. The van der Waals surface area contributed by atoms with Crippen molar-refractivity contribution in [2.24, 2.45) is 0 Å². The van der Waals surface area contributed by atoms with E-state index in [0.717, 1.165) is 9.44 Å². The third kappa shape index (κ3) is 2.09. The van der Waals surface area contributed by atoms with Gasteiger partial charge in [0.1, 0.15) is 4.83 Å². The van der Waals surface area contributed by atoms with E-state index in [4.69, 9.17) is 5.26 Å². The van der Waals surface area contributed by atoms with Gasteiger partial charge in [-0.1, -0.05) is 13.8 Å². The molecule has 94 valence electrons. The summed E-state index contributed by atoms with van der Waals surface area (Å²) in [6, 6.07) is 3.76. The molecular formula is C12H13N3O2S. The summed E-state index contributed by atoms with van der Waals surface area (Å²) in [6.07, 6.45) is 0.148. The molecule has 5 nitrogen and oxygen atoms in total. The van der Waals surface area contributed by atoms with E-state index >= 15 is 0 Å². The monoisotopic (exact) mass is 263 g/mol. The maximum absolute atomic E-state index is 12.1. The van der Waals surface area contributed by atoms with Gasteiger partial charge in [-0.3, -0.25) is 14.3 Å². The van der Waals surface area contributed by atoms with Crippen molar-refractivity contribution in [3.8, 4) is 6.07 Å². The van der Waals surface area contributed by atoms with Crippen molar-refractivity contribution in [1.29, 1.82) is 5.26 Å². The van der Waals surface area contributed by atoms with Crippen LogP contribution in [0.15, 0.2) is 15.7 Å². The number of H-pyrrole nitrogens is 1. The van der Waals surface area contributed by atoms with Crippen LogP contribution in [-0.4, -0.2) is 9.55 Å². The van der Waals surface area contributed by atoms with E-state index in [1.165, 1.54) is 11.3 Å². The molecule has 0 aliphatic rings. The fourth-order valence-electron chi connectivity index (χ4n) is 1.71. The molecule has 2 aromatic rings. The van der Waals surface area contributed by atoms with Gasteiger partial charge in [-0.2, -0.15) is 5.26 Å². The first-order valence-corrected chi connectivity index (χ1v) is 6.49. The molecule has 0 radical (unpaired) electrons. The van der Waals surface area contributed by atoms with Crippen molar-refractivity contribution in [1.82, 2.24) is 9.55 Å². The van der Waals surface area contributed by atoms with Crippen molar-refractivity contribution < 1.29 is 0 Å². The van der Waals surface area contributed by atoms with Crippen LogP contribution >= 0.6 is 11.3 Å². The Kier molecular flexibility index (Phi) is 3.34. The molecule has 2 aromatic heterocycles.